The van der Waals surface area contributed by atoms with E-state index >= 15 is 0 Å². The highest BCUT2D eigenvalue weighted by Gasteiger charge is 2.30. The minimum Gasteiger partial charge on any atom is -0.497 e. The number of hydrogen-bond donors (Lipinski definition) is 2. The summed E-state index contributed by atoms with van der Waals surface area (Å²) in [7, 11) is 1.69. The van der Waals surface area contributed by atoms with Crippen molar-refractivity contribution in [3.8, 4) is 5.75 Å². The lowest BCUT2D eigenvalue weighted by atomic mass is 9.85. The van der Waals surface area contributed by atoms with Crippen LogP contribution in [0.15, 0.2) is 36.4 Å². The summed E-state index contributed by atoms with van der Waals surface area (Å²) in [6, 6.07) is 13.0. The van der Waals surface area contributed by atoms with Gasteiger partial charge in [-0.1, -0.05) is 18.2 Å². The van der Waals surface area contributed by atoms with E-state index in [-0.39, 0.29) is 6.10 Å². The molecule has 2 aromatic rings. The van der Waals surface area contributed by atoms with Crippen LogP contribution in [-0.2, 0) is 0 Å². The molecule has 1 saturated carbocycles. The van der Waals surface area contributed by atoms with E-state index in [1.54, 1.807) is 7.11 Å². The van der Waals surface area contributed by atoms with Crippen molar-refractivity contribution in [3.63, 3.8) is 0 Å². The summed E-state index contributed by atoms with van der Waals surface area (Å²) in [5.41, 5.74) is 1.81. The zero-order chi connectivity index (χ0) is 18.8. The minimum atomic E-state index is -0.101. The molecule has 1 atom stereocenters. The molecule has 0 radical (unpaired) electrons. The Morgan fingerprint density at radius 2 is 1.78 bits per heavy atom. The van der Waals surface area contributed by atoms with E-state index < -0.39 is 0 Å². The molecular weight excluding hydrogens is 336 g/mol. The molecule has 1 aliphatic heterocycles. The molecule has 4 nitrogen and oxygen atoms in total. The quantitative estimate of drug-likeness (QED) is 0.796. The molecule has 4 rings (SSSR count). The van der Waals surface area contributed by atoms with Crippen LogP contribution in [0.2, 0.25) is 0 Å². The van der Waals surface area contributed by atoms with Crippen LogP contribution in [0.4, 0.5) is 0 Å². The largest absolute Gasteiger partial charge is 0.497 e. The number of ether oxygens (including phenoxy) is 1. The van der Waals surface area contributed by atoms with Gasteiger partial charge in [0.25, 0.3) is 0 Å². The number of nitrogens with zero attached hydrogens (tertiary/aromatic N) is 1. The number of hydrogen-bond acceptors (Lipinski definition) is 4. The van der Waals surface area contributed by atoms with Gasteiger partial charge in [-0.25, -0.2) is 0 Å². The van der Waals surface area contributed by atoms with Crippen molar-refractivity contribution in [2.75, 3.05) is 20.2 Å². The summed E-state index contributed by atoms with van der Waals surface area (Å²) in [6.07, 6.45) is 6.21. The normalized spacial score (nSPS) is 26.8. The van der Waals surface area contributed by atoms with Gasteiger partial charge in [-0.05, 0) is 79.6 Å². The van der Waals surface area contributed by atoms with Crippen LogP contribution in [0.1, 0.15) is 44.1 Å². The molecule has 0 spiro atoms. The number of methoxy groups -OCH3 is 1. The summed E-state index contributed by atoms with van der Waals surface area (Å²) in [5, 5.41) is 20.9. The van der Waals surface area contributed by atoms with E-state index in [2.05, 4.69) is 29.2 Å². The molecule has 0 amide bonds. The van der Waals surface area contributed by atoms with Crippen molar-refractivity contribution < 1.29 is 9.84 Å². The molecule has 1 saturated heterocycles. The number of benzene rings is 2. The van der Waals surface area contributed by atoms with Gasteiger partial charge in [0.2, 0.25) is 0 Å². The van der Waals surface area contributed by atoms with Gasteiger partial charge >= 0.3 is 0 Å². The Labute approximate surface area is 161 Å². The Balaban J connectivity index is 1.47. The van der Waals surface area contributed by atoms with Crippen LogP contribution in [-0.4, -0.2) is 48.1 Å². The standard InChI is InChI=1S/C23H30N2O2/c1-27-22-11-6-16-13-18(5-4-17(16)14-22)23(24)19-3-2-12-25(15-19)20-7-9-21(26)10-8-20/h4-6,11,13-14,19-21,24,26H,2-3,7-10,12,15H2,1H3. The fraction of sp³-hybridized carbons (Fsp3) is 0.522. The average Bonchev–Trinajstić information content (AvgIpc) is 2.73. The van der Waals surface area contributed by atoms with Crippen LogP contribution in [0, 0.1) is 11.3 Å². The predicted octanol–water partition coefficient (Wildman–Crippen LogP) is 4.23. The fourth-order valence-corrected chi connectivity index (χ4v) is 4.75. The van der Waals surface area contributed by atoms with Crippen LogP contribution >= 0.6 is 0 Å². The van der Waals surface area contributed by atoms with Crippen molar-refractivity contribution in [2.24, 2.45) is 5.92 Å². The Morgan fingerprint density at radius 1 is 1.04 bits per heavy atom. The first-order chi connectivity index (χ1) is 13.1. The Morgan fingerprint density at radius 3 is 2.56 bits per heavy atom. The summed E-state index contributed by atoms with van der Waals surface area (Å²) in [4.78, 5) is 2.58. The van der Waals surface area contributed by atoms with Gasteiger partial charge in [-0.15, -0.1) is 0 Å². The molecule has 0 aromatic heterocycles. The lowest BCUT2D eigenvalue weighted by Gasteiger charge is -2.41. The highest BCUT2D eigenvalue weighted by atomic mass is 16.5. The third-order valence-corrected chi connectivity index (χ3v) is 6.40. The van der Waals surface area contributed by atoms with Crippen LogP contribution in [0.5, 0.6) is 5.75 Å². The molecule has 2 N–H and O–H groups in total. The summed E-state index contributed by atoms with van der Waals surface area (Å²) in [6.45, 7) is 2.13. The molecular formula is C23H30N2O2. The van der Waals surface area contributed by atoms with Crippen molar-refractivity contribution in [2.45, 2.75) is 50.7 Å². The second-order valence-electron chi connectivity index (χ2n) is 8.14. The van der Waals surface area contributed by atoms with Crippen molar-refractivity contribution in [1.82, 2.24) is 4.90 Å². The monoisotopic (exact) mass is 366 g/mol. The maximum atomic E-state index is 9.77. The third kappa shape index (κ3) is 4.02. The number of piperidine rings is 1. The number of rotatable bonds is 4. The van der Waals surface area contributed by atoms with Gasteiger partial charge in [0.05, 0.1) is 13.2 Å². The first-order valence-corrected chi connectivity index (χ1v) is 10.2. The van der Waals surface area contributed by atoms with Crippen LogP contribution < -0.4 is 4.74 Å². The van der Waals surface area contributed by atoms with E-state index in [4.69, 9.17) is 10.1 Å². The van der Waals surface area contributed by atoms with Gasteiger partial charge in [0.1, 0.15) is 5.75 Å². The predicted molar refractivity (Wildman–Crippen MR) is 110 cm³/mol. The maximum Gasteiger partial charge on any atom is 0.119 e. The molecule has 0 bridgehead atoms. The zero-order valence-electron chi connectivity index (χ0n) is 16.2. The Kier molecular flexibility index (Phi) is 5.46. The summed E-state index contributed by atoms with van der Waals surface area (Å²) < 4.78 is 5.31. The minimum absolute atomic E-state index is 0.101. The summed E-state index contributed by atoms with van der Waals surface area (Å²) in [5.74, 6) is 1.17. The van der Waals surface area contributed by atoms with E-state index in [0.717, 1.165) is 79.4 Å². The number of fused-ring (bicyclic) bond motifs is 1. The van der Waals surface area contributed by atoms with Crippen molar-refractivity contribution in [3.05, 3.63) is 42.0 Å². The van der Waals surface area contributed by atoms with Gasteiger partial charge in [-0.2, -0.15) is 0 Å². The van der Waals surface area contributed by atoms with Crippen LogP contribution in [0.3, 0.4) is 0 Å². The fourth-order valence-electron chi connectivity index (χ4n) is 4.75. The number of aliphatic hydroxyl groups is 1. The molecule has 1 aliphatic carbocycles. The van der Waals surface area contributed by atoms with Gasteiger partial charge < -0.3 is 15.3 Å². The van der Waals surface area contributed by atoms with E-state index in [9.17, 15) is 5.11 Å². The molecule has 144 valence electrons. The second-order valence-corrected chi connectivity index (χ2v) is 8.14. The SMILES string of the molecule is COc1ccc2cc(C(=N)C3CCCN(C4CCC(O)CC4)C3)ccc2c1. The molecule has 2 fully saturated rings. The smallest absolute Gasteiger partial charge is 0.119 e. The second kappa shape index (κ2) is 7.99. The van der Waals surface area contributed by atoms with Gasteiger partial charge in [-0.3, -0.25) is 4.90 Å². The first kappa shape index (κ1) is 18.5. The molecule has 2 aromatic carbocycles. The van der Waals surface area contributed by atoms with E-state index in [1.807, 2.05) is 12.1 Å². The number of likely N-dealkylation sites (tertiary alicyclic amines) is 1. The molecule has 27 heavy (non-hydrogen) atoms. The topological polar surface area (TPSA) is 56.5 Å². The number of aliphatic hydroxyl groups excluding tert-OH is 1. The van der Waals surface area contributed by atoms with Gasteiger partial charge in [0, 0.05) is 24.2 Å². The maximum absolute atomic E-state index is 9.77. The Bertz CT molecular complexity index is 811. The first-order valence-electron chi connectivity index (χ1n) is 10.2. The Hall–Kier alpha value is -1.91. The lowest BCUT2D eigenvalue weighted by molar-refractivity contribution is 0.0592. The molecule has 1 heterocycles. The zero-order valence-corrected chi connectivity index (χ0v) is 16.2. The third-order valence-electron chi connectivity index (χ3n) is 6.40. The van der Waals surface area contributed by atoms with Crippen molar-refractivity contribution >= 4 is 16.5 Å². The highest BCUT2D eigenvalue weighted by molar-refractivity contribution is 6.03. The lowest BCUT2D eigenvalue weighted by Crippen LogP contribution is -2.46. The molecule has 2 aliphatic rings. The van der Waals surface area contributed by atoms with E-state index in [1.165, 1.54) is 0 Å². The van der Waals surface area contributed by atoms with Crippen molar-refractivity contribution in [1.29, 1.82) is 5.41 Å². The van der Waals surface area contributed by atoms with Gasteiger partial charge in [0.15, 0.2) is 0 Å². The highest BCUT2D eigenvalue weighted by Crippen LogP contribution is 2.30. The van der Waals surface area contributed by atoms with Crippen LogP contribution in [0.25, 0.3) is 10.8 Å². The molecule has 1 unspecified atom stereocenters. The summed E-state index contributed by atoms with van der Waals surface area (Å²) >= 11 is 0. The molecule has 4 heteroatoms. The van der Waals surface area contributed by atoms with E-state index in [0.29, 0.717) is 12.0 Å². The average molecular weight is 367 g/mol. The number of nitrogens with one attached hydrogen (secondary N) is 1.